The number of hydrogen-bond donors (Lipinski definition) is 1. The number of sulfone groups is 1. The molecule has 2 aromatic rings. The smallest absolute Gasteiger partial charge is 0.148 e. The molecule has 0 saturated heterocycles. The maximum Gasteiger partial charge on any atom is 0.148 e. The second kappa shape index (κ2) is 8.97. The summed E-state index contributed by atoms with van der Waals surface area (Å²) in [5.74, 6) is 0.513. The zero-order valence-electron chi connectivity index (χ0n) is 14.5. The summed E-state index contributed by atoms with van der Waals surface area (Å²) in [7, 11) is -2.97. The molecule has 2 aromatic carbocycles. The third kappa shape index (κ3) is 7.23. The summed E-state index contributed by atoms with van der Waals surface area (Å²) in [4.78, 5) is 0. The Hall–Kier alpha value is -1.92. The van der Waals surface area contributed by atoms with Gasteiger partial charge in [-0.1, -0.05) is 31.2 Å². The number of rotatable bonds is 9. The number of nitrogens with one attached hydrogen (secondary N) is 1. The fourth-order valence-corrected chi connectivity index (χ4v) is 3.62. The second-order valence-electron chi connectivity index (χ2n) is 6.21. The second-order valence-corrected chi connectivity index (χ2v) is 8.40. The van der Waals surface area contributed by atoms with Gasteiger partial charge in [0.05, 0.1) is 5.75 Å². The van der Waals surface area contributed by atoms with E-state index >= 15 is 0 Å². The average molecular weight is 365 g/mol. The van der Waals surface area contributed by atoms with E-state index in [1.165, 1.54) is 18.4 Å². The molecule has 0 aromatic heterocycles. The van der Waals surface area contributed by atoms with Crippen LogP contribution < -0.4 is 10.1 Å². The Morgan fingerprint density at radius 3 is 2.32 bits per heavy atom. The highest BCUT2D eigenvalue weighted by atomic mass is 32.2. The summed E-state index contributed by atoms with van der Waals surface area (Å²) >= 11 is 0. The summed E-state index contributed by atoms with van der Waals surface area (Å²) in [5, 5.41) is 3.28. The fourth-order valence-electron chi connectivity index (χ4n) is 2.52. The molecule has 1 N–H and O–H groups in total. The summed E-state index contributed by atoms with van der Waals surface area (Å²) < 4.78 is 41.0. The van der Waals surface area contributed by atoms with E-state index in [1.54, 1.807) is 12.1 Å². The van der Waals surface area contributed by atoms with Crippen molar-refractivity contribution in [3.8, 4) is 5.75 Å². The van der Waals surface area contributed by atoms with E-state index in [0.29, 0.717) is 25.4 Å². The van der Waals surface area contributed by atoms with Gasteiger partial charge in [0.2, 0.25) is 0 Å². The quantitative estimate of drug-likeness (QED) is 0.694. The zero-order chi connectivity index (χ0) is 18.3. The van der Waals surface area contributed by atoms with Crippen molar-refractivity contribution in [2.75, 3.05) is 25.2 Å². The van der Waals surface area contributed by atoms with Crippen molar-refractivity contribution < 1.29 is 17.5 Å². The molecule has 136 valence electrons. The first-order valence-corrected chi connectivity index (χ1v) is 10.3. The van der Waals surface area contributed by atoms with Crippen molar-refractivity contribution in [3.05, 3.63) is 65.5 Å². The summed E-state index contributed by atoms with van der Waals surface area (Å²) in [6, 6.07) is 13.9. The maximum absolute atomic E-state index is 12.8. The largest absolute Gasteiger partial charge is 0.492 e. The van der Waals surface area contributed by atoms with Crippen LogP contribution >= 0.6 is 0 Å². The molecule has 0 spiro atoms. The molecule has 0 radical (unpaired) electrons. The van der Waals surface area contributed by atoms with Crippen LogP contribution in [-0.4, -0.2) is 33.6 Å². The van der Waals surface area contributed by atoms with Crippen molar-refractivity contribution in [2.24, 2.45) is 0 Å². The van der Waals surface area contributed by atoms with Gasteiger partial charge in [0, 0.05) is 19.3 Å². The van der Waals surface area contributed by atoms with Crippen LogP contribution in [0, 0.1) is 5.82 Å². The van der Waals surface area contributed by atoms with Crippen LogP contribution in [0.1, 0.15) is 24.0 Å². The summed E-state index contributed by atoms with van der Waals surface area (Å²) in [6.45, 7) is 3.79. The standard InChI is InChI=1S/C19H24FNO3S/c1-15(14-25(2,22)23)17-5-3-16(4-6-17)13-21-11-12-24-19-9-7-18(20)8-10-19/h3-10,15,21H,11-14H2,1-2H3/t15-/m0/s1. The molecule has 0 bridgehead atoms. The first-order valence-electron chi connectivity index (χ1n) is 8.19. The van der Waals surface area contributed by atoms with E-state index in [2.05, 4.69) is 5.32 Å². The van der Waals surface area contributed by atoms with Gasteiger partial charge in [-0.3, -0.25) is 0 Å². The molecule has 0 aliphatic carbocycles. The summed E-state index contributed by atoms with van der Waals surface area (Å²) in [6.07, 6.45) is 1.26. The van der Waals surface area contributed by atoms with Crippen LogP contribution in [0.3, 0.4) is 0 Å². The molecule has 0 heterocycles. The molecule has 0 aliphatic rings. The molecular weight excluding hydrogens is 341 g/mol. The van der Waals surface area contributed by atoms with Gasteiger partial charge in [0.1, 0.15) is 28.0 Å². The lowest BCUT2D eigenvalue weighted by atomic mass is 10.0. The summed E-state index contributed by atoms with van der Waals surface area (Å²) in [5.41, 5.74) is 2.14. The predicted octanol–water partition coefficient (Wildman–Crippen LogP) is 3.14. The Labute approximate surface area is 148 Å². The lowest BCUT2D eigenvalue weighted by molar-refractivity contribution is 0.313. The molecule has 0 unspecified atom stereocenters. The van der Waals surface area contributed by atoms with Crippen molar-refractivity contribution in [3.63, 3.8) is 0 Å². The molecule has 1 atom stereocenters. The molecule has 0 fully saturated rings. The molecule has 0 saturated carbocycles. The molecule has 4 nitrogen and oxygen atoms in total. The lowest BCUT2D eigenvalue weighted by Crippen LogP contribution is -2.20. The van der Waals surface area contributed by atoms with Gasteiger partial charge in [0.25, 0.3) is 0 Å². The van der Waals surface area contributed by atoms with Crippen LogP contribution in [0.5, 0.6) is 5.75 Å². The van der Waals surface area contributed by atoms with Crippen LogP contribution in [-0.2, 0) is 16.4 Å². The third-order valence-corrected chi connectivity index (χ3v) is 4.90. The van der Waals surface area contributed by atoms with Crippen molar-refractivity contribution in [1.29, 1.82) is 0 Å². The number of benzene rings is 2. The lowest BCUT2D eigenvalue weighted by Gasteiger charge is -2.12. The first-order chi connectivity index (χ1) is 11.8. The Morgan fingerprint density at radius 1 is 1.08 bits per heavy atom. The van der Waals surface area contributed by atoms with Crippen LogP contribution in [0.15, 0.2) is 48.5 Å². The molecular formula is C19H24FNO3S. The monoisotopic (exact) mass is 365 g/mol. The molecule has 0 aliphatic heterocycles. The Bertz CT molecular complexity index is 758. The molecule has 6 heteroatoms. The Balaban J connectivity index is 1.71. The van der Waals surface area contributed by atoms with Crippen molar-refractivity contribution >= 4 is 9.84 Å². The highest BCUT2D eigenvalue weighted by Crippen LogP contribution is 2.17. The van der Waals surface area contributed by atoms with Gasteiger partial charge in [-0.25, -0.2) is 12.8 Å². The van der Waals surface area contributed by atoms with Gasteiger partial charge in [-0.2, -0.15) is 0 Å². The van der Waals surface area contributed by atoms with E-state index in [4.69, 9.17) is 4.74 Å². The number of ether oxygens (including phenoxy) is 1. The normalized spacial score (nSPS) is 12.8. The Morgan fingerprint density at radius 2 is 1.72 bits per heavy atom. The average Bonchev–Trinajstić information content (AvgIpc) is 2.55. The van der Waals surface area contributed by atoms with Crippen LogP contribution in [0.2, 0.25) is 0 Å². The topological polar surface area (TPSA) is 55.4 Å². The van der Waals surface area contributed by atoms with Gasteiger partial charge in [0.15, 0.2) is 0 Å². The van der Waals surface area contributed by atoms with Gasteiger partial charge >= 0.3 is 0 Å². The minimum absolute atomic E-state index is 0.0129. The highest BCUT2D eigenvalue weighted by Gasteiger charge is 2.12. The van der Waals surface area contributed by atoms with Crippen molar-refractivity contribution in [2.45, 2.75) is 19.4 Å². The van der Waals surface area contributed by atoms with E-state index < -0.39 is 9.84 Å². The fraction of sp³-hybridized carbons (Fsp3) is 0.368. The Kier molecular flexibility index (Phi) is 6.96. The molecule has 25 heavy (non-hydrogen) atoms. The number of halogens is 1. The van der Waals surface area contributed by atoms with Crippen molar-refractivity contribution in [1.82, 2.24) is 5.32 Å². The minimum atomic E-state index is -2.97. The first kappa shape index (κ1) is 19.4. The molecule has 2 rings (SSSR count). The van der Waals surface area contributed by atoms with E-state index in [9.17, 15) is 12.8 Å². The van der Waals surface area contributed by atoms with Gasteiger partial charge < -0.3 is 10.1 Å². The minimum Gasteiger partial charge on any atom is -0.492 e. The van der Waals surface area contributed by atoms with E-state index in [-0.39, 0.29) is 17.5 Å². The maximum atomic E-state index is 12.8. The van der Waals surface area contributed by atoms with E-state index in [0.717, 1.165) is 11.1 Å². The SMILES string of the molecule is C[C@@H](CS(C)(=O)=O)c1ccc(CNCCOc2ccc(F)cc2)cc1. The highest BCUT2D eigenvalue weighted by molar-refractivity contribution is 7.90. The predicted molar refractivity (Wildman–Crippen MR) is 98.2 cm³/mol. The van der Waals surface area contributed by atoms with Gasteiger partial charge in [-0.05, 0) is 41.3 Å². The number of hydrogen-bond acceptors (Lipinski definition) is 4. The van der Waals surface area contributed by atoms with Crippen LogP contribution in [0.25, 0.3) is 0 Å². The van der Waals surface area contributed by atoms with Gasteiger partial charge in [-0.15, -0.1) is 0 Å². The molecule has 0 amide bonds. The van der Waals surface area contributed by atoms with Crippen LogP contribution in [0.4, 0.5) is 4.39 Å². The zero-order valence-corrected chi connectivity index (χ0v) is 15.4. The van der Waals surface area contributed by atoms with E-state index in [1.807, 2.05) is 31.2 Å². The third-order valence-electron chi connectivity index (χ3n) is 3.79.